The second-order valence-corrected chi connectivity index (χ2v) is 6.11. The molecule has 4 amide bonds. The highest BCUT2D eigenvalue weighted by Gasteiger charge is 2.40. The topological polar surface area (TPSA) is 82.1 Å². The first-order chi connectivity index (χ1) is 12.9. The molecule has 1 N–H and O–H groups in total. The van der Waals surface area contributed by atoms with Gasteiger partial charge < -0.3 is 4.90 Å². The summed E-state index contributed by atoms with van der Waals surface area (Å²) in [6.45, 7) is 0. The molecule has 1 fully saturated rings. The third-order valence-electron chi connectivity index (χ3n) is 4.03. The van der Waals surface area contributed by atoms with Gasteiger partial charge in [0.15, 0.2) is 5.92 Å². The number of nitrogens with zero attached hydrogens (tertiary/aromatic N) is 3. The van der Waals surface area contributed by atoms with E-state index in [4.69, 9.17) is 0 Å². The van der Waals surface area contributed by atoms with Crippen molar-refractivity contribution in [2.45, 2.75) is 0 Å². The van der Waals surface area contributed by atoms with Crippen LogP contribution in [0, 0.1) is 11.7 Å². The zero-order chi connectivity index (χ0) is 19.6. The SMILES string of the molecule is CN(C)c1ccc(N=C[C@@H]2C(=O)NC(=O)N(c3ccc(F)cc3)C2=O)cc1. The molecule has 0 spiro atoms. The van der Waals surface area contributed by atoms with Crippen molar-refractivity contribution in [3.63, 3.8) is 0 Å². The van der Waals surface area contributed by atoms with Gasteiger partial charge in [-0.15, -0.1) is 0 Å². The molecule has 0 saturated carbocycles. The molecular formula is C19H17FN4O3. The number of halogens is 1. The molecule has 27 heavy (non-hydrogen) atoms. The predicted octanol–water partition coefficient (Wildman–Crippen LogP) is 2.49. The number of benzene rings is 2. The molecule has 0 radical (unpaired) electrons. The average molecular weight is 368 g/mol. The van der Waals surface area contributed by atoms with Crippen molar-refractivity contribution in [2.24, 2.45) is 10.9 Å². The van der Waals surface area contributed by atoms with E-state index in [2.05, 4.69) is 10.3 Å². The van der Waals surface area contributed by atoms with Gasteiger partial charge in [-0.05, 0) is 48.5 Å². The van der Waals surface area contributed by atoms with Crippen LogP contribution in [0.25, 0.3) is 0 Å². The third kappa shape index (κ3) is 3.84. The Bertz CT molecular complexity index is 908. The van der Waals surface area contributed by atoms with Crippen LogP contribution in [0.5, 0.6) is 0 Å². The average Bonchev–Trinajstić information content (AvgIpc) is 2.63. The van der Waals surface area contributed by atoms with Crippen molar-refractivity contribution in [1.29, 1.82) is 0 Å². The number of hydrogen-bond donors (Lipinski definition) is 1. The van der Waals surface area contributed by atoms with Crippen molar-refractivity contribution in [1.82, 2.24) is 5.32 Å². The number of aliphatic imine (C=N–C) groups is 1. The Hall–Kier alpha value is -3.55. The van der Waals surface area contributed by atoms with Gasteiger partial charge in [-0.25, -0.2) is 14.1 Å². The molecule has 2 aromatic rings. The number of amides is 4. The molecule has 1 aliphatic rings. The van der Waals surface area contributed by atoms with Crippen molar-refractivity contribution in [3.8, 4) is 0 Å². The number of urea groups is 1. The summed E-state index contributed by atoms with van der Waals surface area (Å²) in [5.74, 6) is -3.26. The smallest absolute Gasteiger partial charge is 0.335 e. The van der Waals surface area contributed by atoms with Crippen molar-refractivity contribution in [2.75, 3.05) is 23.9 Å². The lowest BCUT2D eigenvalue weighted by Crippen LogP contribution is -2.58. The summed E-state index contributed by atoms with van der Waals surface area (Å²) >= 11 is 0. The lowest BCUT2D eigenvalue weighted by Gasteiger charge is -2.28. The first kappa shape index (κ1) is 18.2. The lowest BCUT2D eigenvalue weighted by molar-refractivity contribution is -0.131. The van der Waals surface area contributed by atoms with E-state index in [1.807, 2.05) is 31.1 Å². The van der Waals surface area contributed by atoms with Gasteiger partial charge >= 0.3 is 6.03 Å². The van der Waals surface area contributed by atoms with Gasteiger partial charge in [-0.2, -0.15) is 0 Å². The van der Waals surface area contributed by atoms with Crippen LogP contribution in [-0.4, -0.2) is 38.2 Å². The molecule has 1 aliphatic heterocycles. The first-order valence-corrected chi connectivity index (χ1v) is 8.13. The Kier molecular flexibility index (Phi) is 4.98. The van der Waals surface area contributed by atoms with E-state index >= 15 is 0 Å². The highest BCUT2D eigenvalue weighted by atomic mass is 19.1. The zero-order valence-corrected chi connectivity index (χ0v) is 14.7. The number of barbiturate groups is 1. The number of rotatable bonds is 4. The molecule has 7 nitrogen and oxygen atoms in total. The molecule has 2 aromatic carbocycles. The van der Waals surface area contributed by atoms with Gasteiger partial charge in [0.2, 0.25) is 5.91 Å². The van der Waals surface area contributed by atoms with E-state index in [1.54, 1.807) is 12.1 Å². The molecule has 0 aliphatic carbocycles. The Morgan fingerprint density at radius 3 is 2.26 bits per heavy atom. The number of imide groups is 2. The summed E-state index contributed by atoms with van der Waals surface area (Å²) in [5.41, 5.74) is 1.71. The minimum absolute atomic E-state index is 0.167. The fraction of sp³-hybridized carbons (Fsp3) is 0.158. The van der Waals surface area contributed by atoms with Crippen LogP contribution in [0.1, 0.15) is 0 Å². The molecule has 138 valence electrons. The largest absolute Gasteiger partial charge is 0.378 e. The second kappa shape index (κ2) is 7.36. The van der Waals surface area contributed by atoms with Crippen LogP contribution in [0.15, 0.2) is 53.5 Å². The van der Waals surface area contributed by atoms with Crippen molar-refractivity contribution in [3.05, 3.63) is 54.3 Å². The Morgan fingerprint density at radius 2 is 1.67 bits per heavy atom. The highest BCUT2D eigenvalue weighted by molar-refractivity contribution is 6.32. The standard InChI is InChI=1S/C19H17FN4O3/c1-23(2)14-9-5-13(6-10-14)21-11-16-17(25)22-19(27)24(18(16)26)15-7-3-12(20)4-8-15/h3-11,16H,1-2H3,(H,22,25,27)/t16-/m1/s1. The molecule has 3 rings (SSSR count). The maximum Gasteiger partial charge on any atom is 0.335 e. The van der Waals surface area contributed by atoms with Gasteiger partial charge in [0.25, 0.3) is 5.91 Å². The molecular weight excluding hydrogens is 351 g/mol. The van der Waals surface area contributed by atoms with Gasteiger partial charge in [0.05, 0.1) is 11.4 Å². The monoisotopic (exact) mass is 368 g/mol. The maximum absolute atomic E-state index is 13.1. The van der Waals surface area contributed by atoms with Gasteiger partial charge in [-0.1, -0.05) is 0 Å². The molecule has 0 unspecified atom stereocenters. The van der Waals surface area contributed by atoms with Gasteiger partial charge in [-0.3, -0.25) is 19.9 Å². The highest BCUT2D eigenvalue weighted by Crippen LogP contribution is 2.22. The summed E-state index contributed by atoms with van der Waals surface area (Å²) in [4.78, 5) is 43.7. The van der Waals surface area contributed by atoms with Gasteiger partial charge in [0, 0.05) is 26.0 Å². The van der Waals surface area contributed by atoms with Crippen LogP contribution in [0.2, 0.25) is 0 Å². The number of anilines is 2. The Morgan fingerprint density at radius 1 is 1.04 bits per heavy atom. The number of nitrogens with one attached hydrogen (secondary N) is 1. The lowest BCUT2D eigenvalue weighted by atomic mass is 10.1. The van der Waals surface area contributed by atoms with E-state index in [0.29, 0.717) is 5.69 Å². The van der Waals surface area contributed by atoms with Crippen LogP contribution in [-0.2, 0) is 9.59 Å². The molecule has 1 atom stereocenters. The summed E-state index contributed by atoms with van der Waals surface area (Å²) in [6, 6.07) is 11.2. The molecule has 1 saturated heterocycles. The van der Waals surface area contributed by atoms with Crippen LogP contribution >= 0.6 is 0 Å². The molecule has 0 aromatic heterocycles. The van der Waals surface area contributed by atoms with E-state index in [9.17, 15) is 18.8 Å². The maximum atomic E-state index is 13.1. The fourth-order valence-corrected chi connectivity index (χ4v) is 2.55. The first-order valence-electron chi connectivity index (χ1n) is 8.13. The second-order valence-electron chi connectivity index (χ2n) is 6.11. The van der Waals surface area contributed by atoms with E-state index in [1.165, 1.54) is 18.3 Å². The molecule has 8 heteroatoms. The third-order valence-corrected chi connectivity index (χ3v) is 4.03. The minimum atomic E-state index is -1.26. The van der Waals surface area contributed by atoms with E-state index in [0.717, 1.165) is 22.7 Å². The summed E-state index contributed by atoms with van der Waals surface area (Å²) in [7, 11) is 3.81. The van der Waals surface area contributed by atoms with Gasteiger partial charge in [0.1, 0.15) is 5.82 Å². The Balaban J connectivity index is 1.83. The Labute approximate surface area is 155 Å². The fourth-order valence-electron chi connectivity index (χ4n) is 2.55. The molecule has 1 heterocycles. The normalized spacial score (nSPS) is 17.4. The number of carbonyl (C=O) groups is 3. The minimum Gasteiger partial charge on any atom is -0.378 e. The number of carbonyl (C=O) groups excluding carboxylic acids is 3. The van der Waals surface area contributed by atoms with Crippen molar-refractivity contribution >= 4 is 41.1 Å². The molecule has 0 bridgehead atoms. The summed E-state index contributed by atoms with van der Waals surface area (Å²) < 4.78 is 13.1. The predicted molar refractivity (Wildman–Crippen MR) is 99.8 cm³/mol. The van der Waals surface area contributed by atoms with Crippen LogP contribution < -0.4 is 15.1 Å². The quantitative estimate of drug-likeness (QED) is 0.664. The van der Waals surface area contributed by atoms with Crippen LogP contribution in [0.4, 0.5) is 26.2 Å². The van der Waals surface area contributed by atoms with Crippen molar-refractivity contribution < 1.29 is 18.8 Å². The van der Waals surface area contributed by atoms with E-state index in [-0.39, 0.29) is 5.69 Å². The summed E-state index contributed by atoms with van der Waals surface area (Å²) in [5, 5.41) is 2.12. The summed E-state index contributed by atoms with van der Waals surface area (Å²) in [6.07, 6.45) is 1.20. The van der Waals surface area contributed by atoms with Crippen LogP contribution in [0.3, 0.4) is 0 Å². The van der Waals surface area contributed by atoms with E-state index < -0.39 is 29.6 Å². The number of hydrogen-bond acceptors (Lipinski definition) is 5. The zero-order valence-electron chi connectivity index (χ0n) is 14.7.